The van der Waals surface area contributed by atoms with Crippen LogP contribution in [0.2, 0.25) is 0 Å². The number of hydrogen-bond donors (Lipinski definition) is 2. The van der Waals surface area contributed by atoms with Gasteiger partial charge in [-0.2, -0.15) is 0 Å². The molecule has 2 saturated heterocycles. The van der Waals surface area contributed by atoms with Gasteiger partial charge in [-0.1, -0.05) is 36.4 Å². The van der Waals surface area contributed by atoms with Gasteiger partial charge in [0.2, 0.25) is 0 Å². The number of fused-ring (bicyclic) bond motifs is 2. The molecule has 3 aromatic rings. The van der Waals surface area contributed by atoms with Crippen molar-refractivity contribution in [2.45, 2.75) is 18.0 Å². The minimum atomic E-state index is -0.319. The van der Waals surface area contributed by atoms with Crippen molar-refractivity contribution in [1.29, 1.82) is 0 Å². The third-order valence-electron chi connectivity index (χ3n) is 6.28. The van der Waals surface area contributed by atoms with E-state index in [0.29, 0.717) is 11.6 Å². The van der Waals surface area contributed by atoms with Gasteiger partial charge in [0.05, 0.1) is 19.2 Å². The van der Waals surface area contributed by atoms with Gasteiger partial charge in [-0.3, -0.25) is 0 Å². The van der Waals surface area contributed by atoms with Gasteiger partial charge < -0.3 is 20.3 Å². The summed E-state index contributed by atoms with van der Waals surface area (Å²) in [4.78, 5) is 14.8. The Hall–Kier alpha value is -3.38. The lowest BCUT2D eigenvalue weighted by Gasteiger charge is -2.59. The molecule has 158 valence electrons. The summed E-state index contributed by atoms with van der Waals surface area (Å²) < 4.78 is 18.5. The average molecular weight is 417 g/mol. The second-order valence-corrected chi connectivity index (χ2v) is 8.02. The van der Waals surface area contributed by atoms with E-state index in [2.05, 4.69) is 41.0 Å². The van der Waals surface area contributed by atoms with E-state index in [1.54, 1.807) is 19.2 Å². The van der Waals surface area contributed by atoms with Crippen molar-refractivity contribution in [2.75, 3.05) is 25.5 Å². The van der Waals surface area contributed by atoms with Crippen LogP contribution in [0.4, 0.5) is 14.9 Å². The van der Waals surface area contributed by atoms with E-state index < -0.39 is 0 Å². The Morgan fingerprint density at radius 2 is 1.71 bits per heavy atom. The van der Waals surface area contributed by atoms with Gasteiger partial charge >= 0.3 is 6.03 Å². The lowest BCUT2D eigenvalue weighted by Crippen LogP contribution is -2.74. The third kappa shape index (κ3) is 3.64. The van der Waals surface area contributed by atoms with E-state index in [1.165, 1.54) is 17.7 Å². The van der Waals surface area contributed by atoms with E-state index in [9.17, 15) is 9.18 Å². The molecule has 0 radical (unpaired) electrons. The number of ether oxygens (including phenoxy) is 1. The van der Waals surface area contributed by atoms with Crippen molar-refractivity contribution in [2.24, 2.45) is 0 Å². The van der Waals surface area contributed by atoms with E-state index in [-0.39, 0.29) is 23.9 Å². The Morgan fingerprint density at radius 3 is 2.39 bits per heavy atom. The molecule has 5 rings (SSSR count). The Labute approximate surface area is 180 Å². The van der Waals surface area contributed by atoms with Crippen LogP contribution in [0.5, 0.6) is 5.75 Å². The number of carbonyl (C=O) groups excluding carboxylic acids is 1. The molecule has 0 spiro atoms. The van der Waals surface area contributed by atoms with Crippen molar-refractivity contribution in [3.63, 3.8) is 0 Å². The van der Waals surface area contributed by atoms with Crippen LogP contribution in [0.15, 0.2) is 72.8 Å². The first-order valence-electron chi connectivity index (χ1n) is 10.4. The SMILES string of the molecule is COc1cccc(-c2ccc(C3[C@H]4CNC[C@@H]3N4C(=O)Nc3ccc(F)cc3)cc2)c1. The maximum atomic E-state index is 13.1. The summed E-state index contributed by atoms with van der Waals surface area (Å²) in [5.74, 6) is 0.823. The van der Waals surface area contributed by atoms with Crippen molar-refractivity contribution < 1.29 is 13.9 Å². The van der Waals surface area contributed by atoms with Crippen LogP contribution < -0.4 is 15.4 Å². The van der Waals surface area contributed by atoms with E-state index in [0.717, 1.165) is 30.0 Å². The number of carbonyl (C=O) groups is 1. The second kappa shape index (κ2) is 8.04. The van der Waals surface area contributed by atoms with E-state index in [4.69, 9.17) is 4.74 Å². The summed E-state index contributed by atoms with van der Waals surface area (Å²) in [7, 11) is 1.67. The number of nitrogens with one attached hydrogen (secondary N) is 2. The van der Waals surface area contributed by atoms with Crippen LogP contribution in [-0.4, -0.2) is 43.2 Å². The summed E-state index contributed by atoms with van der Waals surface area (Å²) in [6, 6.07) is 22.5. The van der Waals surface area contributed by atoms with Crippen LogP contribution in [0.25, 0.3) is 11.1 Å². The molecule has 2 aliphatic heterocycles. The normalized spacial score (nSPS) is 21.9. The maximum Gasteiger partial charge on any atom is 0.322 e. The molecule has 2 heterocycles. The molecule has 0 aliphatic carbocycles. The van der Waals surface area contributed by atoms with Crippen molar-refractivity contribution in [1.82, 2.24) is 10.2 Å². The molecule has 2 amide bonds. The summed E-state index contributed by atoms with van der Waals surface area (Å²) in [6.07, 6.45) is 0. The highest BCUT2D eigenvalue weighted by atomic mass is 19.1. The molecule has 6 heteroatoms. The molecule has 2 bridgehead atoms. The quantitative estimate of drug-likeness (QED) is 0.659. The van der Waals surface area contributed by atoms with Crippen molar-refractivity contribution >= 4 is 11.7 Å². The van der Waals surface area contributed by atoms with Crippen LogP contribution in [0.3, 0.4) is 0 Å². The van der Waals surface area contributed by atoms with Gasteiger partial charge in [0.1, 0.15) is 11.6 Å². The molecule has 0 aromatic heterocycles. The number of halogens is 1. The van der Waals surface area contributed by atoms with Gasteiger partial charge in [-0.15, -0.1) is 0 Å². The van der Waals surface area contributed by atoms with Crippen molar-refractivity contribution in [3.05, 3.63) is 84.2 Å². The lowest BCUT2D eigenvalue weighted by molar-refractivity contribution is 0.00202. The maximum absolute atomic E-state index is 13.1. The fourth-order valence-corrected chi connectivity index (χ4v) is 4.74. The standard InChI is InChI=1S/C25H24FN3O2/c1-31-21-4-2-3-18(13-21)16-5-7-17(8-6-16)24-22-14-27-15-23(24)29(22)25(30)28-20-11-9-19(26)10-12-20/h2-13,22-24,27H,14-15H2,1H3,(H,28,30)/t22-,23+,24?. The van der Waals surface area contributed by atoms with Gasteiger partial charge in [0.15, 0.2) is 0 Å². The minimum absolute atomic E-state index is 0.0990. The predicted octanol–water partition coefficient (Wildman–Crippen LogP) is 4.47. The first kappa shape index (κ1) is 19.6. The molecule has 1 unspecified atom stereocenters. The highest BCUT2D eigenvalue weighted by Crippen LogP contribution is 2.43. The van der Waals surface area contributed by atoms with E-state index in [1.807, 2.05) is 23.1 Å². The first-order chi connectivity index (χ1) is 15.1. The average Bonchev–Trinajstić information content (AvgIpc) is 2.81. The van der Waals surface area contributed by atoms with Gasteiger partial charge in [0.25, 0.3) is 0 Å². The zero-order valence-corrected chi connectivity index (χ0v) is 17.2. The Balaban J connectivity index is 1.31. The number of anilines is 1. The van der Waals surface area contributed by atoms with Gasteiger partial charge in [-0.25, -0.2) is 9.18 Å². The van der Waals surface area contributed by atoms with Crippen LogP contribution in [0.1, 0.15) is 11.5 Å². The number of nitrogens with zero attached hydrogens (tertiary/aromatic N) is 1. The Bertz CT molecular complexity index is 1070. The smallest absolute Gasteiger partial charge is 0.322 e. The third-order valence-corrected chi connectivity index (χ3v) is 6.28. The number of likely N-dealkylation sites (tertiary alicyclic amines) is 1. The number of piperidine rings is 1. The molecular formula is C25H24FN3O2. The minimum Gasteiger partial charge on any atom is -0.497 e. The summed E-state index contributed by atoms with van der Waals surface area (Å²) >= 11 is 0. The summed E-state index contributed by atoms with van der Waals surface area (Å²) in [5.41, 5.74) is 4.09. The zero-order chi connectivity index (χ0) is 21.4. The summed E-state index contributed by atoms with van der Waals surface area (Å²) in [5, 5.41) is 6.30. The van der Waals surface area contributed by atoms with E-state index >= 15 is 0 Å². The molecule has 31 heavy (non-hydrogen) atoms. The Kier molecular flexibility index (Phi) is 5.08. The molecule has 3 atom stereocenters. The number of methoxy groups -OCH3 is 1. The van der Waals surface area contributed by atoms with Gasteiger partial charge in [0, 0.05) is 24.7 Å². The molecule has 2 fully saturated rings. The number of hydrogen-bond acceptors (Lipinski definition) is 3. The number of rotatable bonds is 4. The largest absolute Gasteiger partial charge is 0.497 e. The molecule has 3 aromatic carbocycles. The highest BCUT2D eigenvalue weighted by Gasteiger charge is 2.53. The number of amides is 2. The van der Waals surface area contributed by atoms with Gasteiger partial charge in [-0.05, 0) is 53.1 Å². The predicted molar refractivity (Wildman–Crippen MR) is 119 cm³/mol. The second-order valence-electron chi connectivity index (χ2n) is 8.02. The molecule has 2 N–H and O–H groups in total. The topological polar surface area (TPSA) is 53.6 Å². The fraction of sp³-hybridized carbons (Fsp3) is 0.240. The monoisotopic (exact) mass is 417 g/mol. The Morgan fingerprint density at radius 1 is 1.00 bits per heavy atom. The molecule has 2 aliphatic rings. The lowest BCUT2D eigenvalue weighted by atomic mass is 9.72. The molecular weight excluding hydrogens is 393 g/mol. The van der Waals surface area contributed by atoms with Crippen molar-refractivity contribution in [3.8, 4) is 16.9 Å². The number of urea groups is 1. The molecule has 5 nitrogen and oxygen atoms in total. The number of piperazine rings is 1. The zero-order valence-electron chi connectivity index (χ0n) is 17.2. The number of benzene rings is 3. The van der Waals surface area contributed by atoms with Crippen LogP contribution in [0, 0.1) is 5.82 Å². The summed E-state index contributed by atoms with van der Waals surface area (Å²) in [6.45, 7) is 1.52. The highest BCUT2D eigenvalue weighted by molar-refractivity contribution is 5.91. The van der Waals surface area contributed by atoms with Crippen LogP contribution >= 0.6 is 0 Å². The van der Waals surface area contributed by atoms with Crippen LogP contribution in [-0.2, 0) is 0 Å². The molecule has 0 saturated carbocycles. The first-order valence-corrected chi connectivity index (χ1v) is 10.4. The fourth-order valence-electron chi connectivity index (χ4n) is 4.74.